The molecule has 2 heterocycles. The summed E-state index contributed by atoms with van der Waals surface area (Å²) in [4.78, 5) is 0. The zero-order valence-electron chi connectivity index (χ0n) is 13.3. The lowest BCUT2D eigenvalue weighted by molar-refractivity contribution is 0.304. The summed E-state index contributed by atoms with van der Waals surface area (Å²) in [7, 11) is -0.772. The molecule has 24 heavy (non-hydrogen) atoms. The maximum atomic E-state index is 14.5. The van der Waals surface area contributed by atoms with Crippen LogP contribution in [0, 0.1) is 5.82 Å². The Labute approximate surface area is 143 Å². The van der Waals surface area contributed by atoms with Crippen LogP contribution in [-0.4, -0.2) is 14.7 Å². The van der Waals surface area contributed by atoms with E-state index in [0.29, 0.717) is 24.3 Å². The second-order valence-electron chi connectivity index (χ2n) is 6.38. The van der Waals surface area contributed by atoms with E-state index in [0.717, 1.165) is 24.0 Å². The van der Waals surface area contributed by atoms with Crippen molar-refractivity contribution in [3.8, 4) is 5.75 Å². The van der Waals surface area contributed by atoms with Gasteiger partial charge in [-0.05, 0) is 42.5 Å². The molecule has 2 bridgehead atoms. The minimum Gasteiger partial charge on any atom is -0.489 e. The van der Waals surface area contributed by atoms with Crippen LogP contribution in [0.3, 0.4) is 0 Å². The van der Waals surface area contributed by atoms with Crippen LogP contribution in [0.25, 0.3) is 5.57 Å². The molecule has 0 aliphatic carbocycles. The van der Waals surface area contributed by atoms with Crippen LogP contribution >= 0.6 is 0 Å². The largest absolute Gasteiger partial charge is 0.489 e. The summed E-state index contributed by atoms with van der Waals surface area (Å²) in [5.41, 5.74) is 2.67. The summed E-state index contributed by atoms with van der Waals surface area (Å²) < 4.78 is 32.3. The summed E-state index contributed by atoms with van der Waals surface area (Å²) >= 11 is 0. The molecule has 2 aromatic carbocycles. The molecule has 0 radical (unpaired) electrons. The van der Waals surface area contributed by atoms with Crippen molar-refractivity contribution < 1.29 is 13.3 Å². The van der Waals surface area contributed by atoms with Gasteiger partial charge < -0.3 is 4.74 Å². The van der Waals surface area contributed by atoms with E-state index >= 15 is 0 Å². The van der Waals surface area contributed by atoms with Gasteiger partial charge in [0.1, 0.15) is 18.2 Å². The quantitative estimate of drug-likeness (QED) is 0.819. The van der Waals surface area contributed by atoms with E-state index in [1.807, 2.05) is 42.5 Å². The Morgan fingerprint density at radius 1 is 1.12 bits per heavy atom. The van der Waals surface area contributed by atoms with Crippen molar-refractivity contribution in [3.05, 3.63) is 71.6 Å². The molecule has 2 aliphatic heterocycles. The zero-order chi connectivity index (χ0) is 16.5. The molecule has 2 aromatic rings. The number of fused-ring (bicyclic) bond motifs is 2. The maximum Gasteiger partial charge on any atom is 0.134 e. The molecule has 0 N–H and O–H groups in total. The highest BCUT2D eigenvalue weighted by molar-refractivity contribution is 7.86. The minimum atomic E-state index is -0.772. The summed E-state index contributed by atoms with van der Waals surface area (Å²) in [5.74, 6) is 0.266. The van der Waals surface area contributed by atoms with Crippen LogP contribution in [0.15, 0.2) is 54.6 Å². The highest BCUT2D eigenvalue weighted by Crippen LogP contribution is 2.39. The van der Waals surface area contributed by atoms with Gasteiger partial charge in [0.25, 0.3) is 0 Å². The van der Waals surface area contributed by atoms with Gasteiger partial charge in [-0.25, -0.2) is 4.39 Å². The normalized spacial score (nSPS) is 25.4. The smallest absolute Gasteiger partial charge is 0.134 e. The Hall–Kier alpha value is -1.94. The van der Waals surface area contributed by atoms with Crippen molar-refractivity contribution >= 4 is 16.4 Å². The van der Waals surface area contributed by atoms with E-state index in [-0.39, 0.29) is 16.3 Å². The third-order valence-corrected chi connectivity index (χ3v) is 6.80. The predicted molar refractivity (Wildman–Crippen MR) is 94.7 cm³/mol. The highest BCUT2D eigenvalue weighted by atomic mass is 32.2. The van der Waals surface area contributed by atoms with Gasteiger partial charge in [-0.15, -0.1) is 0 Å². The number of allylic oxidation sites excluding steroid dienone is 1. The minimum absolute atomic E-state index is 0.104. The molecule has 2 nitrogen and oxygen atoms in total. The Morgan fingerprint density at radius 3 is 2.71 bits per heavy atom. The fraction of sp³-hybridized carbons (Fsp3) is 0.300. The van der Waals surface area contributed by atoms with Gasteiger partial charge in [-0.2, -0.15) is 0 Å². The molecule has 124 valence electrons. The molecular formula is C20H19FO2S. The van der Waals surface area contributed by atoms with Gasteiger partial charge in [0, 0.05) is 27.7 Å². The molecule has 3 atom stereocenters. The van der Waals surface area contributed by atoms with E-state index in [4.69, 9.17) is 4.74 Å². The molecule has 1 saturated heterocycles. The number of benzene rings is 2. The van der Waals surface area contributed by atoms with Crippen LogP contribution in [0.4, 0.5) is 4.39 Å². The third kappa shape index (κ3) is 3.03. The first-order chi connectivity index (χ1) is 11.7. The topological polar surface area (TPSA) is 26.3 Å². The number of hydrogen-bond acceptors (Lipinski definition) is 2. The average molecular weight is 342 g/mol. The van der Waals surface area contributed by atoms with Crippen molar-refractivity contribution in [2.75, 3.05) is 0 Å². The molecule has 4 heteroatoms. The van der Waals surface area contributed by atoms with Crippen molar-refractivity contribution in [1.29, 1.82) is 0 Å². The zero-order valence-corrected chi connectivity index (χ0v) is 14.1. The fourth-order valence-corrected chi connectivity index (χ4v) is 5.36. The monoisotopic (exact) mass is 342 g/mol. The first-order valence-corrected chi connectivity index (χ1v) is 9.55. The summed E-state index contributed by atoms with van der Waals surface area (Å²) in [5, 5.41) is 0.301. The molecule has 1 fully saturated rings. The second kappa shape index (κ2) is 6.52. The molecule has 0 aromatic heterocycles. The van der Waals surface area contributed by atoms with E-state index in [2.05, 4.69) is 0 Å². The highest BCUT2D eigenvalue weighted by Gasteiger charge is 2.36. The summed E-state index contributed by atoms with van der Waals surface area (Å²) in [6.45, 7) is 0.422. The molecule has 0 saturated carbocycles. The second-order valence-corrected chi connectivity index (χ2v) is 8.31. The van der Waals surface area contributed by atoms with Crippen molar-refractivity contribution in [2.45, 2.75) is 36.4 Å². The lowest BCUT2D eigenvalue weighted by Gasteiger charge is -2.20. The van der Waals surface area contributed by atoms with Gasteiger partial charge >= 0.3 is 0 Å². The van der Waals surface area contributed by atoms with E-state index in [1.165, 1.54) is 6.07 Å². The molecular weight excluding hydrogens is 323 g/mol. The Morgan fingerprint density at radius 2 is 1.96 bits per heavy atom. The van der Waals surface area contributed by atoms with E-state index in [9.17, 15) is 8.60 Å². The SMILES string of the molecule is O=S1C2C=C(c3ccc(OCc4ccccc4)cc3F)CC1CC2. The molecule has 0 amide bonds. The van der Waals surface area contributed by atoms with Crippen molar-refractivity contribution in [1.82, 2.24) is 0 Å². The molecule has 0 spiro atoms. The molecule has 4 rings (SSSR count). The predicted octanol–water partition coefficient (Wildman–Crippen LogP) is 4.47. The number of rotatable bonds is 4. The first kappa shape index (κ1) is 15.6. The van der Waals surface area contributed by atoms with Gasteiger partial charge in [0.2, 0.25) is 0 Å². The van der Waals surface area contributed by atoms with Crippen molar-refractivity contribution in [3.63, 3.8) is 0 Å². The van der Waals surface area contributed by atoms with Gasteiger partial charge in [-0.3, -0.25) is 4.21 Å². The van der Waals surface area contributed by atoms with Crippen LogP contribution < -0.4 is 4.74 Å². The molecule has 2 aliphatic rings. The van der Waals surface area contributed by atoms with Gasteiger partial charge in [-0.1, -0.05) is 36.4 Å². The van der Waals surface area contributed by atoms with Crippen molar-refractivity contribution in [2.24, 2.45) is 0 Å². The van der Waals surface area contributed by atoms with E-state index < -0.39 is 10.8 Å². The first-order valence-electron chi connectivity index (χ1n) is 8.27. The Bertz CT molecular complexity index is 801. The molecule has 3 unspecified atom stereocenters. The van der Waals surface area contributed by atoms with Gasteiger partial charge in [0.15, 0.2) is 0 Å². The lowest BCUT2D eigenvalue weighted by atomic mass is 10.00. The van der Waals surface area contributed by atoms with Gasteiger partial charge in [0.05, 0.1) is 5.25 Å². The standard InChI is InChI=1S/C20H19FO2S/c21-20-12-16(23-13-14-4-2-1-3-5-14)6-9-19(20)15-10-17-7-8-18(11-15)24(17)22/h1-6,9-10,12,17-18H,7-8,11,13H2. The summed E-state index contributed by atoms with van der Waals surface area (Å²) in [6, 6.07) is 14.9. The van der Waals surface area contributed by atoms with Crippen LogP contribution in [0.5, 0.6) is 5.75 Å². The van der Waals surface area contributed by atoms with Crippen LogP contribution in [0.2, 0.25) is 0 Å². The third-order valence-electron chi connectivity index (χ3n) is 4.77. The Balaban J connectivity index is 1.50. The van der Waals surface area contributed by atoms with Crippen LogP contribution in [-0.2, 0) is 17.4 Å². The Kier molecular flexibility index (Phi) is 4.23. The fourth-order valence-electron chi connectivity index (χ4n) is 3.49. The average Bonchev–Trinajstić information content (AvgIpc) is 2.82. The number of ether oxygens (including phenoxy) is 1. The van der Waals surface area contributed by atoms with Crippen LogP contribution in [0.1, 0.15) is 30.4 Å². The maximum absolute atomic E-state index is 14.5. The number of halogens is 1. The lowest BCUT2D eigenvalue weighted by Crippen LogP contribution is -2.20. The number of hydrogen-bond donors (Lipinski definition) is 0. The summed E-state index contributed by atoms with van der Waals surface area (Å²) in [6.07, 6.45) is 4.67. The van der Waals surface area contributed by atoms with E-state index in [1.54, 1.807) is 6.07 Å².